The van der Waals surface area contributed by atoms with E-state index in [2.05, 4.69) is 69.3 Å². The lowest BCUT2D eigenvalue weighted by Crippen LogP contribution is -2.47. The number of hydrogen-bond acceptors (Lipinski definition) is 7. The number of esters is 1. The van der Waals surface area contributed by atoms with Crippen LogP contribution in [-0.4, -0.2) is 73.0 Å². The van der Waals surface area contributed by atoms with Crippen molar-refractivity contribution < 1.29 is 19.0 Å². The van der Waals surface area contributed by atoms with E-state index in [1.54, 1.807) is 7.11 Å². The smallest absolute Gasteiger partial charge is 0.302 e. The highest BCUT2D eigenvalue weighted by Crippen LogP contribution is 2.46. The molecule has 2 fully saturated rings. The molecule has 4 heterocycles. The van der Waals surface area contributed by atoms with Gasteiger partial charge in [0.05, 0.1) is 48.0 Å². The highest BCUT2D eigenvalue weighted by atomic mass is 79.9. The summed E-state index contributed by atoms with van der Waals surface area (Å²) in [6, 6.07) is 7.38. The molecule has 9 heteroatoms. The summed E-state index contributed by atoms with van der Waals surface area (Å²) < 4.78 is 20.9. The fraction of sp³-hybridized carbons (Fsp3) is 0.562. The van der Waals surface area contributed by atoms with Gasteiger partial charge in [-0.3, -0.25) is 14.7 Å². The molecular weight excluding hydrogens is 584 g/mol. The Morgan fingerprint density at radius 2 is 1.93 bits per heavy atom. The zero-order valence-corrected chi connectivity index (χ0v) is 26.4. The van der Waals surface area contributed by atoms with Crippen LogP contribution in [0.15, 0.2) is 28.9 Å². The highest BCUT2D eigenvalue weighted by Gasteiger charge is 2.34. The third-order valence-corrected chi connectivity index (χ3v) is 9.18. The lowest BCUT2D eigenvalue weighted by molar-refractivity contribution is -0.143. The Kier molecular flexibility index (Phi) is 7.80. The van der Waals surface area contributed by atoms with E-state index in [-0.39, 0.29) is 17.5 Å². The number of aromatic nitrogens is 2. The molecule has 2 aliphatic heterocycles. The molecule has 0 amide bonds. The first-order chi connectivity index (χ1) is 19.6. The molecule has 0 unspecified atom stereocenters. The third kappa shape index (κ3) is 5.73. The number of benzene rings is 1. The van der Waals surface area contributed by atoms with Crippen molar-refractivity contribution in [2.75, 3.05) is 51.4 Å². The van der Waals surface area contributed by atoms with Gasteiger partial charge in [0.15, 0.2) is 0 Å². The van der Waals surface area contributed by atoms with Crippen molar-refractivity contribution in [3.05, 3.63) is 40.1 Å². The van der Waals surface area contributed by atoms with Crippen molar-refractivity contribution in [2.24, 2.45) is 5.41 Å². The number of methoxy groups -OCH3 is 1. The van der Waals surface area contributed by atoms with Crippen LogP contribution in [-0.2, 0) is 27.2 Å². The highest BCUT2D eigenvalue weighted by molar-refractivity contribution is 9.10. The predicted molar refractivity (Wildman–Crippen MR) is 165 cm³/mol. The lowest BCUT2D eigenvalue weighted by atomic mass is 9.84. The Morgan fingerprint density at radius 1 is 1.17 bits per heavy atom. The van der Waals surface area contributed by atoms with E-state index in [4.69, 9.17) is 19.2 Å². The van der Waals surface area contributed by atoms with Gasteiger partial charge in [-0.15, -0.1) is 0 Å². The molecule has 8 nitrogen and oxygen atoms in total. The largest absolute Gasteiger partial charge is 0.489 e. The molecule has 3 aromatic rings. The topological polar surface area (TPSA) is 69.1 Å². The average molecular weight is 626 g/mol. The summed E-state index contributed by atoms with van der Waals surface area (Å²) >= 11 is 3.73. The monoisotopic (exact) mass is 624 g/mol. The second-order valence-corrected chi connectivity index (χ2v) is 13.4. The maximum absolute atomic E-state index is 11.7. The summed E-state index contributed by atoms with van der Waals surface area (Å²) in [6.07, 6.45) is 5.26. The van der Waals surface area contributed by atoms with Gasteiger partial charge in [-0.1, -0.05) is 29.8 Å². The van der Waals surface area contributed by atoms with E-state index in [0.717, 1.165) is 89.0 Å². The molecule has 2 aromatic heterocycles. The Labute approximate surface area is 251 Å². The molecule has 41 heavy (non-hydrogen) atoms. The second-order valence-electron chi connectivity index (χ2n) is 12.5. The molecule has 0 radical (unpaired) electrons. The van der Waals surface area contributed by atoms with Gasteiger partial charge in [-0.2, -0.15) is 0 Å². The Hall–Kier alpha value is -2.62. The zero-order valence-electron chi connectivity index (χ0n) is 24.8. The summed E-state index contributed by atoms with van der Waals surface area (Å²) in [6.45, 7) is 13.7. The van der Waals surface area contributed by atoms with Crippen LogP contribution in [0.5, 0.6) is 5.75 Å². The minimum absolute atomic E-state index is 0.176. The molecule has 0 spiro atoms. The minimum atomic E-state index is -0.284. The molecule has 220 valence electrons. The number of hydrogen-bond donors (Lipinski definition) is 0. The van der Waals surface area contributed by atoms with Crippen molar-refractivity contribution in [1.82, 2.24) is 14.5 Å². The minimum Gasteiger partial charge on any atom is -0.489 e. The van der Waals surface area contributed by atoms with E-state index in [1.165, 1.54) is 25.3 Å². The molecule has 3 aliphatic rings. The van der Waals surface area contributed by atoms with Crippen LogP contribution in [0.3, 0.4) is 0 Å². The first kappa shape index (κ1) is 28.5. The fourth-order valence-corrected chi connectivity index (χ4v) is 6.86. The maximum Gasteiger partial charge on any atom is 0.302 e. The number of ether oxygens (including phenoxy) is 3. The SMILES string of the molecule is CO[C@@H](C)c1ncc(N2CCN(C3CC3)CC2)cc1-c1c(CC(C)(C)COC(C)=O)c2cc(Br)cc3c2n1CCO3. The summed E-state index contributed by atoms with van der Waals surface area (Å²) in [7, 11) is 1.74. The number of piperazine rings is 1. The number of carbonyl (C=O) groups excluding carboxylic acids is 1. The van der Waals surface area contributed by atoms with Gasteiger partial charge in [0.25, 0.3) is 0 Å². The summed E-state index contributed by atoms with van der Waals surface area (Å²) in [5.41, 5.74) is 6.37. The number of carbonyl (C=O) groups is 1. The molecule has 1 aliphatic carbocycles. The van der Waals surface area contributed by atoms with Gasteiger partial charge >= 0.3 is 5.97 Å². The van der Waals surface area contributed by atoms with Crippen molar-refractivity contribution in [3.63, 3.8) is 0 Å². The molecule has 0 bridgehead atoms. The summed E-state index contributed by atoms with van der Waals surface area (Å²) in [5.74, 6) is 0.625. The Bertz CT molecular complexity index is 1460. The van der Waals surface area contributed by atoms with E-state index in [9.17, 15) is 4.79 Å². The zero-order chi connectivity index (χ0) is 28.9. The van der Waals surface area contributed by atoms with Crippen LogP contribution in [0, 0.1) is 5.41 Å². The van der Waals surface area contributed by atoms with Gasteiger partial charge < -0.3 is 23.7 Å². The molecule has 1 saturated heterocycles. The molecule has 1 aromatic carbocycles. The maximum atomic E-state index is 11.7. The van der Waals surface area contributed by atoms with Gasteiger partial charge in [0.1, 0.15) is 12.4 Å². The molecular formula is C32H41BrN4O4. The number of halogens is 1. The standard InChI is InChI=1S/C32H41BrN4O4/c1-20(39-5)29-26(16-24(18-34-29)36-10-8-35(9-11-36)23-6-7-23)30-27(17-32(3,4)19-41-21(2)38)25-14-22(33)15-28-31(25)37(30)12-13-40-28/h14-16,18,20,23H,6-13,17,19H2,1-5H3/t20-/m0/s1. The first-order valence-corrected chi connectivity index (χ1v) is 15.6. The molecule has 1 saturated carbocycles. The van der Waals surface area contributed by atoms with Gasteiger partial charge in [-0.05, 0) is 49.9 Å². The van der Waals surface area contributed by atoms with Crippen LogP contribution in [0.4, 0.5) is 5.69 Å². The number of pyridine rings is 1. The summed E-state index contributed by atoms with van der Waals surface area (Å²) in [4.78, 5) is 21.9. The van der Waals surface area contributed by atoms with Gasteiger partial charge in [0, 0.05) is 67.1 Å². The third-order valence-electron chi connectivity index (χ3n) is 8.72. The number of rotatable bonds is 9. The Morgan fingerprint density at radius 3 is 2.61 bits per heavy atom. The van der Waals surface area contributed by atoms with E-state index >= 15 is 0 Å². The predicted octanol–water partition coefficient (Wildman–Crippen LogP) is 5.98. The first-order valence-electron chi connectivity index (χ1n) is 14.8. The number of nitrogens with zero attached hydrogens (tertiary/aromatic N) is 4. The van der Waals surface area contributed by atoms with Crippen LogP contribution < -0.4 is 9.64 Å². The van der Waals surface area contributed by atoms with Crippen molar-refractivity contribution >= 4 is 38.5 Å². The van der Waals surface area contributed by atoms with Crippen molar-refractivity contribution in [2.45, 2.75) is 65.6 Å². The fourth-order valence-electron chi connectivity index (χ4n) is 6.43. The second kappa shape index (κ2) is 11.2. The average Bonchev–Trinajstić information content (AvgIpc) is 3.76. The van der Waals surface area contributed by atoms with Crippen molar-refractivity contribution in [3.8, 4) is 17.0 Å². The molecule has 1 atom stereocenters. The van der Waals surface area contributed by atoms with E-state index in [0.29, 0.717) is 13.2 Å². The van der Waals surface area contributed by atoms with Gasteiger partial charge in [-0.25, -0.2) is 0 Å². The quantitative estimate of drug-likeness (QED) is 0.271. The Balaban J connectivity index is 1.50. The molecule has 0 N–H and O–H groups in total. The lowest BCUT2D eigenvalue weighted by Gasteiger charge is -2.36. The van der Waals surface area contributed by atoms with Crippen LogP contribution in [0.1, 0.15) is 57.9 Å². The van der Waals surface area contributed by atoms with E-state index < -0.39 is 0 Å². The van der Waals surface area contributed by atoms with E-state index in [1.807, 2.05) is 6.20 Å². The summed E-state index contributed by atoms with van der Waals surface area (Å²) in [5, 5.41) is 1.15. The van der Waals surface area contributed by atoms with Crippen molar-refractivity contribution in [1.29, 1.82) is 0 Å². The van der Waals surface area contributed by atoms with Crippen LogP contribution in [0.25, 0.3) is 22.2 Å². The number of anilines is 1. The molecule has 6 rings (SSSR count). The van der Waals surface area contributed by atoms with Crippen LogP contribution in [0.2, 0.25) is 0 Å². The van der Waals surface area contributed by atoms with Gasteiger partial charge in [0.2, 0.25) is 0 Å². The normalized spacial score (nSPS) is 18.4. The van der Waals surface area contributed by atoms with Crippen LogP contribution >= 0.6 is 15.9 Å².